The summed E-state index contributed by atoms with van der Waals surface area (Å²) in [4.78, 5) is 0. The first kappa shape index (κ1) is 30.8. The summed E-state index contributed by atoms with van der Waals surface area (Å²) in [5.41, 5.74) is 0. The lowest BCUT2D eigenvalue weighted by Gasteiger charge is -2.33. The average Bonchev–Trinajstić information content (AvgIpc) is 2.68. The van der Waals surface area contributed by atoms with Crippen molar-refractivity contribution in [2.75, 3.05) is 26.6 Å². The van der Waals surface area contributed by atoms with Crippen molar-refractivity contribution in [1.82, 2.24) is 0 Å². The molecule has 0 spiro atoms. The Kier molecular flexibility index (Phi) is 9.56. The molecule has 0 saturated heterocycles. The predicted octanol–water partition coefficient (Wildman–Crippen LogP) is 4.72. The van der Waals surface area contributed by atoms with Gasteiger partial charge in [-0.25, -0.2) is 17.6 Å². The summed E-state index contributed by atoms with van der Waals surface area (Å²) >= 11 is 0. The summed E-state index contributed by atoms with van der Waals surface area (Å²) in [6, 6.07) is 0. The molecule has 0 rings (SSSR count). The summed E-state index contributed by atoms with van der Waals surface area (Å²) in [6.07, 6.45) is -12.2. The van der Waals surface area contributed by atoms with Gasteiger partial charge in [-0.15, -0.1) is 0 Å². The summed E-state index contributed by atoms with van der Waals surface area (Å²) in [5, 5.41) is 9.03. The molecule has 32 heavy (non-hydrogen) atoms. The molecule has 0 aromatic carbocycles. The zero-order chi connectivity index (χ0) is 26.0. The molecule has 3 nitrogen and oxygen atoms in total. The molecule has 0 aliphatic heterocycles. The lowest BCUT2D eigenvalue weighted by atomic mass is 10.1. The van der Waals surface area contributed by atoms with Gasteiger partial charge in [-0.2, -0.15) is 52.7 Å². The van der Waals surface area contributed by atoms with Crippen molar-refractivity contribution >= 4 is 0 Å². The molecule has 0 aromatic heterocycles. The molecule has 194 valence electrons. The maximum Gasteiger partial charge on any atom is 0.380 e. The van der Waals surface area contributed by atoms with Gasteiger partial charge in [-0.3, -0.25) is 0 Å². The Labute approximate surface area is 167 Å². The lowest BCUT2D eigenvalue weighted by Crippen LogP contribution is -2.60. The molecule has 1 N–H and O–H groups in total. The largest absolute Gasteiger partial charge is 0.388 e. The minimum Gasteiger partial charge on any atom is -0.388 e. The highest BCUT2D eigenvalue weighted by Gasteiger charge is 2.76. The molecule has 0 saturated carbocycles. The maximum absolute atomic E-state index is 13.1. The van der Waals surface area contributed by atoms with Crippen molar-refractivity contribution in [3.8, 4) is 0 Å². The second kappa shape index (κ2) is 9.94. The van der Waals surface area contributed by atoms with E-state index in [1.807, 2.05) is 0 Å². The fourth-order valence-corrected chi connectivity index (χ4v) is 1.59. The van der Waals surface area contributed by atoms with Gasteiger partial charge in [0.1, 0.15) is 6.10 Å². The van der Waals surface area contributed by atoms with Crippen LogP contribution in [-0.2, 0) is 9.47 Å². The summed E-state index contributed by atoms with van der Waals surface area (Å²) in [6.45, 7) is -10.8. The first-order chi connectivity index (χ1) is 14.1. The van der Waals surface area contributed by atoms with Crippen LogP contribution in [0.2, 0.25) is 0 Å². The minimum atomic E-state index is -6.69. The van der Waals surface area contributed by atoms with Crippen molar-refractivity contribution in [2.45, 2.75) is 54.4 Å². The van der Waals surface area contributed by atoms with Crippen LogP contribution < -0.4 is 0 Å². The number of hydrogen-bond acceptors (Lipinski definition) is 3. The number of aliphatic hydroxyl groups excluding tert-OH is 1. The standard InChI is InChI=1S/C13H12F16O3/c14-3-8(18,19)12(26,27)10(22,23)6(16)31-1-5(30)2-32-7(17)11(24,25)13(28,29)9(20,21)4-15/h5-7,30H,1-4H2. The monoisotopic (exact) mass is 520 g/mol. The van der Waals surface area contributed by atoms with Crippen molar-refractivity contribution < 1.29 is 84.8 Å². The van der Waals surface area contributed by atoms with Crippen molar-refractivity contribution in [3.05, 3.63) is 0 Å². The smallest absolute Gasteiger partial charge is 0.380 e. The molecular weight excluding hydrogens is 508 g/mol. The van der Waals surface area contributed by atoms with Gasteiger partial charge in [-0.1, -0.05) is 0 Å². The highest BCUT2D eigenvalue weighted by molar-refractivity contribution is 4.99. The molecule has 0 aliphatic rings. The SMILES string of the molecule is OC(COC(F)C(F)(F)C(F)(F)C(F)(F)CF)COC(F)C(F)(F)C(F)(F)C(F)(F)CF. The van der Waals surface area contributed by atoms with Gasteiger partial charge in [0.25, 0.3) is 12.7 Å². The third-order valence-electron chi connectivity index (χ3n) is 3.53. The Hall–Kier alpha value is -1.24. The quantitative estimate of drug-likeness (QED) is 0.337. The molecule has 0 radical (unpaired) electrons. The first-order valence-electron chi connectivity index (χ1n) is 7.65. The van der Waals surface area contributed by atoms with E-state index in [1.165, 1.54) is 0 Å². The van der Waals surface area contributed by atoms with Gasteiger partial charge in [-0.05, 0) is 0 Å². The zero-order valence-electron chi connectivity index (χ0n) is 14.9. The second-order valence-corrected chi connectivity index (χ2v) is 6.02. The Morgan fingerprint density at radius 3 is 1.03 bits per heavy atom. The van der Waals surface area contributed by atoms with E-state index in [1.54, 1.807) is 0 Å². The Balaban J connectivity index is 5.04. The summed E-state index contributed by atoms with van der Waals surface area (Å²) < 4.78 is 211. The highest BCUT2D eigenvalue weighted by Crippen LogP contribution is 2.49. The van der Waals surface area contributed by atoms with Gasteiger partial charge >= 0.3 is 35.5 Å². The first-order valence-corrected chi connectivity index (χ1v) is 7.65. The van der Waals surface area contributed by atoms with Crippen LogP contribution in [0.1, 0.15) is 0 Å². The van der Waals surface area contributed by atoms with Crippen molar-refractivity contribution in [3.63, 3.8) is 0 Å². The third kappa shape index (κ3) is 5.63. The van der Waals surface area contributed by atoms with Crippen LogP contribution in [0.3, 0.4) is 0 Å². The molecule has 19 heteroatoms. The topological polar surface area (TPSA) is 38.7 Å². The number of hydrogen-bond donors (Lipinski definition) is 1. The van der Waals surface area contributed by atoms with Crippen LogP contribution in [0, 0.1) is 0 Å². The van der Waals surface area contributed by atoms with E-state index in [4.69, 9.17) is 5.11 Å². The van der Waals surface area contributed by atoms with Crippen LogP contribution in [0.15, 0.2) is 0 Å². The van der Waals surface area contributed by atoms with Crippen LogP contribution >= 0.6 is 0 Å². The maximum atomic E-state index is 13.1. The normalized spacial score (nSPS) is 17.9. The molecule has 0 fully saturated rings. The van der Waals surface area contributed by atoms with Gasteiger partial charge in [0.05, 0.1) is 13.2 Å². The molecule has 0 aliphatic carbocycles. The molecule has 0 amide bonds. The van der Waals surface area contributed by atoms with E-state index >= 15 is 0 Å². The number of alkyl halides is 16. The molecule has 0 aromatic rings. The molecule has 0 heterocycles. The van der Waals surface area contributed by atoms with E-state index in [9.17, 15) is 70.2 Å². The Morgan fingerprint density at radius 2 is 0.812 bits per heavy atom. The van der Waals surface area contributed by atoms with Gasteiger partial charge in [0, 0.05) is 0 Å². The number of halogens is 16. The number of aliphatic hydroxyl groups is 1. The van der Waals surface area contributed by atoms with Crippen LogP contribution in [0.25, 0.3) is 0 Å². The fraction of sp³-hybridized carbons (Fsp3) is 1.00. The molecule has 0 bridgehead atoms. The Bertz CT molecular complexity index is 548. The van der Waals surface area contributed by atoms with Crippen LogP contribution in [0.5, 0.6) is 0 Å². The van der Waals surface area contributed by atoms with E-state index in [2.05, 4.69) is 9.47 Å². The second-order valence-electron chi connectivity index (χ2n) is 6.02. The lowest BCUT2D eigenvalue weighted by molar-refractivity contribution is -0.361. The Morgan fingerprint density at radius 1 is 0.562 bits per heavy atom. The third-order valence-corrected chi connectivity index (χ3v) is 3.53. The van der Waals surface area contributed by atoms with E-state index in [0.717, 1.165) is 0 Å². The van der Waals surface area contributed by atoms with Gasteiger partial charge in [0.15, 0.2) is 13.3 Å². The minimum absolute atomic E-state index is 2.04. The molecular formula is C13H12F16O3. The van der Waals surface area contributed by atoms with E-state index in [0.29, 0.717) is 0 Å². The molecule has 2 unspecified atom stereocenters. The molecule has 2 atom stereocenters. The fourth-order valence-electron chi connectivity index (χ4n) is 1.59. The summed E-state index contributed by atoms with van der Waals surface area (Å²) in [7, 11) is 0. The van der Waals surface area contributed by atoms with Gasteiger partial charge < -0.3 is 14.6 Å². The van der Waals surface area contributed by atoms with Crippen LogP contribution in [0.4, 0.5) is 70.2 Å². The summed E-state index contributed by atoms with van der Waals surface area (Å²) in [5.74, 6) is -38.4. The highest BCUT2D eigenvalue weighted by atomic mass is 19.4. The zero-order valence-corrected chi connectivity index (χ0v) is 14.9. The van der Waals surface area contributed by atoms with Crippen LogP contribution in [-0.4, -0.2) is 86.0 Å². The van der Waals surface area contributed by atoms with E-state index in [-0.39, 0.29) is 0 Å². The number of ether oxygens (including phenoxy) is 2. The van der Waals surface area contributed by atoms with E-state index < -0.39 is 80.9 Å². The van der Waals surface area contributed by atoms with Gasteiger partial charge in [0.2, 0.25) is 0 Å². The average molecular weight is 520 g/mol. The van der Waals surface area contributed by atoms with Crippen molar-refractivity contribution in [1.29, 1.82) is 0 Å². The van der Waals surface area contributed by atoms with Crippen molar-refractivity contribution in [2.24, 2.45) is 0 Å². The predicted molar refractivity (Wildman–Crippen MR) is 69.3 cm³/mol. The number of rotatable bonds is 14.